The van der Waals surface area contributed by atoms with Crippen molar-refractivity contribution < 1.29 is 9.18 Å². The van der Waals surface area contributed by atoms with E-state index >= 15 is 0 Å². The summed E-state index contributed by atoms with van der Waals surface area (Å²) < 4.78 is 13.1. The van der Waals surface area contributed by atoms with Crippen molar-refractivity contribution in [2.45, 2.75) is 12.5 Å². The van der Waals surface area contributed by atoms with E-state index in [-0.39, 0.29) is 15.7 Å². The Morgan fingerprint density at radius 3 is 2.24 bits per heavy atom. The van der Waals surface area contributed by atoms with E-state index in [0.717, 1.165) is 12.1 Å². The summed E-state index contributed by atoms with van der Waals surface area (Å²) in [5.74, 6) is -1.08. The van der Waals surface area contributed by atoms with Gasteiger partial charge in [-0.05, 0) is 24.6 Å². The molecule has 0 fully saturated rings. The molecule has 0 saturated carbocycles. The Balaban J connectivity index is 2.30. The average molecular weight is 327 g/mol. The lowest BCUT2D eigenvalue weighted by Gasteiger charge is -2.24. The van der Waals surface area contributed by atoms with Gasteiger partial charge in [-0.25, -0.2) is 4.39 Å². The standard InChI is InChI=1S/C15H13Cl2FN2O/c1-15(19,9-5-3-2-4-6-9)14(21)20-13-11(16)7-10(18)8-12(13)17/h2-8H,19H2,1H3,(H,20,21). The molecule has 0 bridgehead atoms. The van der Waals surface area contributed by atoms with Gasteiger partial charge in [0.1, 0.15) is 11.4 Å². The van der Waals surface area contributed by atoms with E-state index in [4.69, 9.17) is 28.9 Å². The van der Waals surface area contributed by atoms with Crippen LogP contribution in [-0.2, 0) is 10.3 Å². The van der Waals surface area contributed by atoms with Crippen molar-refractivity contribution in [2.24, 2.45) is 5.73 Å². The van der Waals surface area contributed by atoms with Crippen LogP contribution in [0.15, 0.2) is 42.5 Å². The minimum absolute atomic E-state index is 0.0113. The highest BCUT2D eigenvalue weighted by Gasteiger charge is 2.31. The molecule has 0 aliphatic carbocycles. The third-order valence-electron chi connectivity index (χ3n) is 3.09. The summed E-state index contributed by atoms with van der Waals surface area (Å²) in [7, 11) is 0. The maximum absolute atomic E-state index is 13.1. The molecule has 0 saturated heterocycles. The lowest BCUT2D eigenvalue weighted by molar-refractivity contribution is -0.120. The molecule has 3 N–H and O–H groups in total. The second-order valence-electron chi connectivity index (χ2n) is 4.77. The predicted octanol–water partition coefficient (Wildman–Crippen LogP) is 3.95. The Labute approximate surface area is 131 Å². The smallest absolute Gasteiger partial charge is 0.248 e. The Morgan fingerprint density at radius 1 is 1.19 bits per heavy atom. The van der Waals surface area contributed by atoms with E-state index in [1.165, 1.54) is 0 Å². The first-order chi connectivity index (χ1) is 9.82. The zero-order valence-corrected chi connectivity index (χ0v) is 12.7. The fraction of sp³-hybridized carbons (Fsp3) is 0.133. The minimum atomic E-state index is -1.28. The summed E-state index contributed by atoms with van der Waals surface area (Å²) in [5, 5.41) is 2.57. The van der Waals surface area contributed by atoms with E-state index in [1.54, 1.807) is 31.2 Å². The number of benzene rings is 2. The van der Waals surface area contributed by atoms with Gasteiger partial charge in [0.15, 0.2) is 0 Å². The molecular weight excluding hydrogens is 314 g/mol. The Kier molecular flexibility index (Phi) is 4.52. The normalized spacial score (nSPS) is 13.6. The van der Waals surface area contributed by atoms with Gasteiger partial charge in [0.2, 0.25) is 5.91 Å². The molecule has 21 heavy (non-hydrogen) atoms. The molecule has 2 rings (SSSR count). The third-order valence-corrected chi connectivity index (χ3v) is 3.69. The van der Waals surface area contributed by atoms with Crippen molar-refractivity contribution in [3.05, 3.63) is 63.9 Å². The fourth-order valence-corrected chi connectivity index (χ4v) is 2.38. The number of carbonyl (C=O) groups is 1. The van der Waals surface area contributed by atoms with Crippen molar-refractivity contribution in [1.29, 1.82) is 0 Å². The Hall–Kier alpha value is -1.62. The topological polar surface area (TPSA) is 55.1 Å². The monoisotopic (exact) mass is 326 g/mol. The lowest BCUT2D eigenvalue weighted by atomic mass is 9.92. The summed E-state index contributed by atoms with van der Waals surface area (Å²) in [4.78, 5) is 12.4. The highest BCUT2D eigenvalue weighted by molar-refractivity contribution is 6.39. The number of halogens is 3. The first-order valence-corrected chi connectivity index (χ1v) is 6.88. The lowest BCUT2D eigenvalue weighted by Crippen LogP contribution is -2.45. The number of nitrogens with one attached hydrogen (secondary N) is 1. The van der Waals surface area contributed by atoms with Crippen molar-refractivity contribution in [2.75, 3.05) is 5.32 Å². The van der Waals surface area contributed by atoms with Gasteiger partial charge in [-0.2, -0.15) is 0 Å². The van der Waals surface area contributed by atoms with Crippen LogP contribution in [-0.4, -0.2) is 5.91 Å². The number of anilines is 1. The van der Waals surface area contributed by atoms with Gasteiger partial charge >= 0.3 is 0 Å². The zero-order chi connectivity index (χ0) is 15.6. The quantitative estimate of drug-likeness (QED) is 0.897. The van der Waals surface area contributed by atoms with Crippen LogP contribution in [0.2, 0.25) is 10.0 Å². The molecule has 0 aliphatic heterocycles. The maximum Gasteiger partial charge on any atom is 0.248 e. The molecule has 0 aromatic heterocycles. The molecule has 3 nitrogen and oxygen atoms in total. The van der Waals surface area contributed by atoms with E-state index in [0.29, 0.717) is 5.56 Å². The molecule has 0 heterocycles. The van der Waals surface area contributed by atoms with Crippen molar-refractivity contribution in [1.82, 2.24) is 0 Å². The summed E-state index contributed by atoms with van der Waals surface area (Å²) in [6.07, 6.45) is 0. The molecule has 110 valence electrons. The number of rotatable bonds is 3. The van der Waals surface area contributed by atoms with Crippen LogP contribution in [0.5, 0.6) is 0 Å². The van der Waals surface area contributed by atoms with Crippen molar-refractivity contribution in [3.63, 3.8) is 0 Å². The van der Waals surface area contributed by atoms with Crippen LogP contribution in [0.3, 0.4) is 0 Å². The van der Waals surface area contributed by atoms with Crippen LogP contribution >= 0.6 is 23.2 Å². The molecule has 0 spiro atoms. The van der Waals surface area contributed by atoms with Crippen molar-refractivity contribution in [3.8, 4) is 0 Å². The number of hydrogen-bond donors (Lipinski definition) is 2. The first-order valence-electron chi connectivity index (χ1n) is 6.13. The highest BCUT2D eigenvalue weighted by atomic mass is 35.5. The largest absolute Gasteiger partial charge is 0.322 e. The number of amides is 1. The second-order valence-corrected chi connectivity index (χ2v) is 5.58. The van der Waals surface area contributed by atoms with E-state index in [9.17, 15) is 9.18 Å². The molecule has 2 aromatic rings. The average Bonchev–Trinajstić information content (AvgIpc) is 2.43. The molecule has 1 unspecified atom stereocenters. The molecule has 0 radical (unpaired) electrons. The van der Waals surface area contributed by atoms with Crippen LogP contribution in [0.4, 0.5) is 10.1 Å². The first kappa shape index (κ1) is 15.8. The van der Waals surface area contributed by atoms with E-state index < -0.39 is 17.3 Å². The number of carbonyl (C=O) groups excluding carboxylic acids is 1. The summed E-state index contributed by atoms with van der Waals surface area (Å²) in [6.45, 7) is 1.57. The highest BCUT2D eigenvalue weighted by Crippen LogP contribution is 2.32. The van der Waals surface area contributed by atoms with Crippen molar-refractivity contribution >= 4 is 34.8 Å². The molecule has 2 aromatic carbocycles. The van der Waals surface area contributed by atoms with Crippen LogP contribution in [0.25, 0.3) is 0 Å². The van der Waals surface area contributed by atoms with Gasteiger partial charge in [-0.15, -0.1) is 0 Å². The fourth-order valence-electron chi connectivity index (χ4n) is 1.82. The van der Waals surface area contributed by atoms with Gasteiger partial charge < -0.3 is 11.1 Å². The zero-order valence-electron chi connectivity index (χ0n) is 11.2. The summed E-state index contributed by atoms with van der Waals surface area (Å²) >= 11 is 11.8. The van der Waals surface area contributed by atoms with Crippen LogP contribution in [0.1, 0.15) is 12.5 Å². The molecule has 0 aliphatic rings. The predicted molar refractivity (Wildman–Crippen MR) is 83.0 cm³/mol. The molecular formula is C15H13Cl2FN2O. The third kappa shape index (κ3) is 3.35. The second kappa shape index (κ2) is 6.02. The van der Waals surface area contributed by atoms with Gasteiger partial charge in [-0.3, -0.25) is 4.79 Å². The van der Waals surface area contributed by atoms with Gasteiger partial charge in [-0.1, -0.05) is 53.5 Å². The van der Waals surface area contributed by atoms with E-state index in [1.807, 2.05) is 6.07 Å². The minimum Gasteiger partial charge on any atom is -0.322 e. The van der Waals surface area contributed by atoms with Crippen LogP contribution < -0.4 is 11.1 Å². The van der Waals surface area contributed by atoms with Gasteiger partial charge in [0, 0.05) is 0 Å². The summed E-state index contributed by atoms with van der Waals surface area (Å²) in [6, 6.07) is 11.0. The molecule has 1 amide bonds. The van der Waals surface area contributed by atoms with Gasteiger partial charge in [0.05, 0.1) is 15.7 Å². The Bertz CT molecular complexity index is 652. The summed E-state index contributed by atoms with van der Waals surface area (Å²) in [5.41, 5.74) is 5.58. The number of hydrogen-bond acceptors (Lipinski definition) is 2. The van der Waals surface area contributed by atoms with Gasteiger partial charge in [0.25, 0.3) is 0 Å². The maximum atomic E-state index is 13.1. The molecule has 1 atom stereocenters. The molecule has 6 heteroatoms. The van der Waals surface area contributed by atoms with E-state index in [2.05, 4.69) is 5.32 Å². The van der Waals surface area contributed by atoms with Crippen LogP contribution in [0, 0.1) is 5.82 Å². The number of nitrogens with two attached hydrogens (primary N) is 1. The SMILES string of the molecule is CC(N)(C(=O)Nc1c(Cl)cc(F)cc1Cl)c1ccccc1. The Morgan fingerprint density at radius 2 is 1.71 bits per heavy atom.